The number of nitrogens with zero attached hydrogens (tertiary/aromatic N) is 2. The van der Waals surface area contributed by atoms with Gasteiger partial charge < -0.3 is 5.32 Å². The van der Waals surface area contributed by atoms with E-state index in [9.17, 15) is 0 Å². The van der Waals surface area contributed by atoms with Crippen LogP contribution in [-0.2, 0) is 6.42 Å². The Labute approximate surface area is 93.5 Å². The van der Waals surface area contributed by atoms with E-state index < -0.39 is 0 Å². The quantitative estimate of drug-likeness (QED) is 0.843. The van der Waals surface area contributed by atoms with E-state index in [2.05, 4.69) is 52.0 Å². The van der Waals surface area contributed by atoms with Crippen molar-refractivity contribution in [2.45, 2.75) is 39.7 Å². The highest BCUT2D eigenvalue weighted by molar-refractivity contribution is 9.10. The van der Waals surface area contributed by atoms with Crippen molar-refractivity contribution in [2.24, 2.45) is 0 Å². The molecule has 14 heavy (non-hydrogen) atoms. The van der Waals surface area contributed by atoms with E-state index in [-0.39, 0.29) is 0 Å². The lowest BCUT2D eigenvalue weighted by atomic mass is 10.3. The molecule has 1 rings (SSSR count). The largest absolute Gasteiger partial charge is 0.368 e. The first-order valence-corrected chi connectivity index (χ1v) is 5.71. The monoisotopic (exact) mass is 257 g/mol. The first-order valence-electron chi connectivity index (χ1n) is 4.91. The van der Waals surface area contributed by atoms with Crippen molar-refractivity contribution in [3.63, 3.8) is 0 Å². The van der Waals surface area contributed by atoms with Crippen molar-refractivity contribution in [2.75, 3.05) is 5.32 Å². The van der Waals surface area contributed by atoms with Crippen molar-refractivity contribution < 1.29 is 0 Å². The number of anilines is 1. The fourth-order valence-corrected chi connectivity index (χ4v) is 1.59. The molecule has 0 aliphatic carbocycles. The highest BCUT2D eigenvalue weighted by atomic mass is 79.9. The molecule has 0 spiro atoms. The van der Waals surface area contributed by atoms with Crippen molar-refractivity contribution in [3.8, 4) is 0 Å². The second-order valence-corrected chi connectivity index (χ2v) is 4.35. The summed E-state index contributed by atoms with van der Waals surface area (Å²) in [6, 6.07) is 2.30. The maximum absolute atomic E-state index is 4.41. The zero-order valence-electron chi connectivity index (χ0n) is 8.84. The van der Waals surface area contributed by atoms with Crippen LogP contribution in [0.1, 0.15) is 33.0 Å². The molecule has 1 N–H and O–H groups in total. The molecule has 0 saturated heterocycles. The molecular formula is C10H16BrN3. The molecule has 4 heteroatoms. The van der Waals surface area contributed by atoms with Gasteiger partial charge in [0.15, 0.2) is 0 Å². The van der Waals surface area contributed by atoms with Crippen LogP contribution in [0.25, 0.3) is 0 Å². The third-order valence-electron chi connectivity index (χ3n) is 1.65. The van der Waals surface area contributed by atoms with Gasteiger partial charge in [0.1, 0.15) is 16.2 Å². The second-order valence-electron chi connectivity index (χ2n) is 3.54. The van der Waals surface area contributed by atoms with Gasteiger partial charge in [0.2, 0.25) is 0 Å². The molecule has 78 valence electrons. The molecule has 3 nitrogen and oxygen atoms in total. The average molecular weight is 258 g/mol. The van der Waals surface area contributed by atoms with Gasteiger partial charge in [-0.3, -0.25) is 0 Å². The predicted octanol–water partition coefficient (Wildman–Crippen LogP) is 3.01. The molecule has 0 amide bonds. The minimum atomic E-state index is 0.395. The summed E-state index contributed by atoms with van der Waals surface area (Å²) >= 11 is 3.38. The summed E-state index contributed by atoms with van der Waals surface area (Å²) in [6.07, 6.45) is 1.99. The van der Waals surface area contributed by atoms with Crippen LogP contribution in [-0.4, -0.2) is 16.0 Å². The third-order valence-corrected chi connectivity index (χ3v) is 2.06. The van der Waals surface area contributed by atoms with Crippen LogP contribution in [0.5, 0.6) is 0 Å². The molecule has 1 aromatic heterocycles. The number of aromatic nitrogens is 2. The molecule has 1 heterocycles. The SMILES string of the molecule is CCCc1nc(Br)cc(NC(C)C)n1. The Hall–Kier alpha value is -0.640. The standard InChI is InChI=1S/C10H16BrN3/c1-4-5-9-13-8(11)6-10(14-9)12-7(2)3/h6-7H,4-5H2,1-3H3,(H,12,13,14). The van der Waals surface area contributed by atoms with Crippen LogP contribution in [0.15, 0.2) is 10.7 Å². The number of rotatable bonds is 4. The van der Waals surface area contributed by atoms with E-state index >= 15 is 0 Å². The second kappa shape index (κ2) is 5.29. The van der Waals surface area contributed by atoms with E-state index in [1.807, 2.05) is 6.07 Å². The maximum Gasteiger partial charge on any atom is 0.132 e. The van der Waals surface area contributed by atoms with Crippen molar-refractivity contribution in [1.82, 2.24) is 9.97 Å². The average Bonchev–Trinajstić information content (AvgIpc) is 2.01. The molecule has 0 fully saturated rings. The fourth-order valence-electron chi connectivity index (χ4n) is 1.17. The summed E-state index contributed by atoms with van der Waals surface area (Å²) in [4.78, 5) is 8.71. The zero-order valence-corrected chi connectivity index (χ0v) is 10.4. The molecule has 0 saturated carbocycles. The van der Waals surface area contributed by atoms with Crippen molar-refractivity contribution >= 4 is 21.7 Å². The Morgan fingerprint density at radius 3 is 2.71 bits per heavy atom. The van der Waals surface area contributed by atoms with E-state index in [0.29, 0.717) is 6.04 Å². The molecule has 0 aliphatic heterocycles. The first kappa shape index (κ1) is 11.4. The zero-order chi connectivity index (χ0) is 10.6. The lowest BCUT2D eigenvalue weighted by molar-refractivity contribution is 0.817. The molecule has 0 bridgehead atoms. The van der Waals surface area contributed by atoms with Gasteiger partial charge in [-0.25, -0.2) is 9.97 Å². The smallest absolute Gasteiger partial charge is 0.132 e. The summed E-state index contributed by atoms with van der Waals surface area (Å²) in [6.45, 7) is 6.31. The first-order chi connectivity index (χ1) is 6.61. The highest BCUT2D eigenvalue weighted by Gasteiger charge is 2.02. The summed E-state index contributed by atoms with van der Waals surface area (Å²) < 4.78 is 0.846. The lowest BCUT2D eigenvalue weighted by Crippen LogP contribution is -2.12. The number of hydrogen-bond acceptors (Lipinski definition) is 3. The van der Waals surface area contributed by atoms with Gasteiger partial charge in [-0.1, -0.05) is 6.92 Å². The van der Waals surface area contributed by atoms with Crippen LogP contribution in [0.4, 0.5) is 5.82 Å². The van der Waals surface area contributed by atoms with E-state index in [0.717, 1.165) is 29.1 Å². The Morgan fingerprint density at radius 1 is 1.43 bits per heavy atom. The van der Waals surface area contributed by atoms with Crippen LogP contribution in [0, 0.1) is 0 Å². The number of halogens is 1. The number of aryl methyl sites for hydroxylation is 1. The summed E-state index contributed by atoms with van der Waals surface area (Å²) in [5.41, 5.74) is 0. The molecule has 0 atom stereocenters. The third kappa shape index (κ3) is 3.62. The molecule has 0 radical (unpaired) electrons. The highest BCUT2D eigenvalue weighted by Crippen LogP contribution is 2.13. The molecule has 0 unspecified atom stereocenters. The van der Waals surface area contributed by atoms with Gasteiger partial charge in [-0.2, -0.15) is 0 Å². The minimum Gasteiger partial charge on any atom is -0.368 e. The van der Waals surface area contributed by atoms with Gasteiger partial charge in [0, 0.05) is 18.5 Å². The van der Waals surface area contributed by atoms with Crippen LogP contribution in [0.3, 0.4) is 0 Å². The van der Waals surface area contributed by atoms with Crippen LogP contribution >= 0.6 is 15.9 Å². The van der Waals surface area contributed by atoms with Gasteiger partial charge in [0.25, 0.3) is 0 Å². The number of hydrogen-bond donors (Lipinski definition) is 1. The Morgan fingerprint density at radius 2 is 2.14 bits per heavy atom. The molecule has 0 aliphatic rings. The summed E-state index contributed by atoms with van der Waals surface area (Å²) in [5.74, 6) is 1.79. The van der Waals surface area contributed by atoms with E-state index in [1.165, 1.54) is 0 Å². The van der Waals surface area contributed by atoms with Gasteiger partial charge >= 0.3 is 0 Å². The Kier molecular flexibility index (Phi) is 4.32. The number of nitrogens with one attached hydrogen (secondary N) is 1. The minimum absolute atomic E-state index is 0.395. The van der Waals surface area contributed by atoms with Gasteiger partial charge in [0.05, 0.1) is 0 Å². The van der Waals surface area contributed by atoms with Crippen LogP contribution in [0.2, 0.25) is 0 Å². The lowest BCUT2D eigenvalue weighted by Gasteiger charge is -2.10. The fraction of sp³-hybridized carbons (Fsp3) is 0.600. The summed E-state index contributed by atoms with van der Waals surface area (Å²) in [5, 5.41) is 3.26. The van der Waals surface area contributed by atoms with Crippen LogP contribution < -0.4 is 5.32 Å². The van der Waals surface area contributed by atoms with Crippen molar-refractivity contribution in [1.29, 1.82) is 0 Å². The molecule has 0 aromatic carbocycles. The van der Waals surface area contributed by atoms with Gasteiger partial charge in [-0.05, 0) is 36.2 Å². The molecule has 1 aromatic rings. The summed E-state index contributed by atoms with van der Waals surface area (Å²) in [7, 11) is 0. The topological polar surface area (TPSA) is 37.8 Å². The van der Waals surface area contributed by atoms with Gasteiger partial charge in [-0.15, -0.1) is 0 Å². The Bertz CT molecular complexity index is 299. The normalized spacial score (nSPS) is 10.6. The Balaban J connectivity index is 2.83. The predicted molar refractivity (Wildman–Crippen MR) is 62.5 cm³/mol. The maximum atomic E-state index is 4.41. The van der Waals surface area contributed by atoms with E-state index in [4.69, 9.17) is 0 Å². The van der Waals surface area contributed by atoms with E-state index in [1.54, 1.807) is 0 Å². The molecular weight excluding hydrogens is 242 g/mol. The van der Waals surface area contributed by atoms with Crippen molar-refractivity contribution in [3.05, 3.63) is 16.5 Å².